The zero-order valence-corrected chi connectivity index (χ0v) is 15.0. The first kappa shape index (κ1) is 19.7. The molecule has 0 radical (unpaired) electrons. The molecule has 0 saturated carbocycles. The molecule has 0 aliphatic heterocycles. The van der Waals surface area contributed by atoms with Gasteiger partial charge < -0.3 is 15.5 Å². The second kappa shape index (κ2) is 9.15. The van der Waals surface area contributed by atoms with E-state index in [2.05, 4.69) is 5.32 Å². The summed E-state index contributed by atoms with van der Waals surface area (Å²) in [4.78, 5) is 24.3. The maximum absolute atomic E-state index is 12.3. The highest BCUT2D eigenvalue weighted by atomic mass is 16.4. The van der Waals surface area contributed by atoms with Crippen molar-refractivity contribution in [1.82, 2.24) is 5.32 Å². The van der Waals surface area contributed by atoms with E-state index in [1.807, 2.05) is 74.5 Å². The van der Waals surface area contributed by atoms with Gasteiger partial charge in [-0.05, 0) is 23.5 Å². The largest absolute Gasteiger partial charge is 0.480 e. The van der Waals surface area contributed by atoms with Crippen LogP contribution in [0.4, 0.5) is 0 Å². The van der Waals surface area contributed by atoms with Crippen molar-refractivity contribution >= 4 is 11.9 Å². The van der Waals surface area contributed by atoms with E-state index < -0.39 is 29.9 Å². The SMILES string of the molecule is CC(C)C[C@H](O)C(=O)N[C@@H](C(=O)O)C(c1ccccc1)c1ccccc1. The Morgan fingerprint density at radius 3 is 1.77 bits per heavy atom. The lowest BCUT2D eigenvalue weighted by atomic mass is 9.84. The monoisotopic (exact) mass is 355 g/mol. The molecular weight excluding hydrogens is 330 g/mol. The van der Waals surface area contributed by atoms with Crippen molar-refractivity contribution in [2.75, 3.05) is 0 Å². The van der Waals surface area contributed by atoms with E-state index in [9.17, 15) is 19.8 Å². The summed E-state index contributed by atoms with van der Waals surface area (Å²) >= 11 is 0. The van der Waals surface area contributed by atoms with Gasteiger partial charge in [0.05, 0.1) is 0 Å². The predicted molar refractivity (Wildman–Crippen MR) is 99.8 cm³/mol. The van der Waals surface area contributed by atoms with Gasteiger partial charge >= 0.3 is 5.97 Å². The summed E-state index contributed by atoms with van der Waals surface area (Å²) in [5.74, 6) is -2.25. The number of hydrogen-bond donors (Lipinski definition) is 3. The Kier molecular flexibility index (Phi) is 6.92. The van der Waals surface area contributed by atoms with Crippen LogP contribution in [0.5, 0.6) is 0 Å². The molecule has 2 aromatic carbocycles. The van der Waals surface area contributed by atoms with Gasteiger partial charge in [0, 0.05) is 5.92 Å². The summed E-state index contributed by atoms with van der Waals surface area (Å²) in [5.41, 5.74) is 1.56. The Morgan fingerprint density at radius 1 is 0.923 bits per heavy atom. The molecule has 2 atom stereocenters. The second-order valence-corrected chi connectivity index (χ2v) is 6.77. The van der Waals surface area contributed by atoms with Gasteiger partial charge in [0.25, 0.3) is 0 Å². The van der Waals surface area contributed by atoms with E-state index in [4.69, 9.17) is 0 Å². The molecular formula is C21H25NO4. The van der Waals surface area contributed by atoms with Crippen LogP contribution in [0.3, 0.4) is 0 Å². The zero-order chi connectivity index (χ0) is 19.1. The Labute approximate surface area is 153 Å². The molecule has 3 N–H and O–H groups in total. The third-order valence-electron chi connectivity index (χ3n) is 4.21. The highest BCUT2D eigenvalue weighted by molar-refractivity contribution is 5.87. The van der Waals surface area contributed by atoms with Crippen molar-refractivity contribution in [1.29, 1.82) is 0 Å². The van der Waals surface area contributed by atoms with Crippen LogP contribution in [-0.2, 0) is 9.59 Å². The number of amides is 1. The van der Waals surface area contributed by atoms with Crippen LogP contribution in [-0.4, -0.2) is 34.2 Å². The van der Waals surface area contributed by atoms with Gasteiger partial charge in [0.2, 0.25) is 5.91 Å². The molecule has 1 amide bonds. The van der Waals surface area contributed by atoms with Crippen molar-refractivity contribution < 1.29 is 19.8 Å². The fraction of sp³-hybridized carbons (Fsp3) is 0.333. The topological polar surface area (TPSA) is 86.6 Å². The van der Waals surface area contributed by atoms with Crippen molar-refractivity contribution in [3.05, 3.63) is 71.8 Å². The fourth-order valence-electron chi connectivity index (χ4n) is 2.99. The average Bonchev–Trinajstić information content (AvgIpc) is 2.62. The highest BCUT2D eigenvalue weighted by Crippen LogP contribution is 2.28. The molecule has 0 fully saturated rings. The number of carboxylic acids is 1. The lowest BCUT2D eigenvalue weighted by molar-refractivity contribution is -0.144. The van der Waals surface area contributed by atoms with Gasteiger partial charge in [-0.25, -0.2) is 4.79 Å². The molecule has 5 heteroatoms. The van der Waals surface area contributed by atoms with E-state index >= 15 is 0 Å². The fourth-order valence-corrected chi connectivity index (χ4v) is 2.99. The quantitative estimate of drug-likeness (QED) is 0.680. The lowest BCUT2D eigenvalue weighted by Gasteiger charge is -2.27. The summed E-state index contributed by atoms with van der Waals surface area (Å²) in [6.07, 6.45) is -0.955. The summed E-state index contributed by atoms with van der Waals surface area (Å²) in [5, 5.41) is 22.3. The first-order valence-corrected chi connectivity index (χ1v) is 8.71. The third-order valence-corrected chi connectivity index (χ3v) is 4.21. The standard InChI is InChI=1S/C21H25NO4/c1-14(2)13-17(23)20(24)22-19(21(25)26)18(15-9-5-3-6-10-15)16-11-7-4-8-12-16/h3-12,14,17-19,23H,13H2,1-2H3,(H,22,24)(H,25,26)/t17-,19+/m0/s1. The maximum atomic E-state index is 12.3. The highest BCUT2D eigenvalue weighted by Gasteiger charge is 2.33. The molecule has 0 aliphatic rings. The van der Waals surface area contributed by atoms with Gasteiger partial charge in [-0.1, -0.05) is 74.5 Å². The molecule has 0 saturated heterocycles. The lowest BCUT2D eigenvalue weighted by Crippen LogP contribution is -2.49. The Bertz CT molecular complexity index is 676. The number of aliphatic carboxylic acids is 1. The van der Waals surface area contributed by atoms with Crippen LogP contribution in [0.25, 0.3) is 0 Å². The normalized spacial score (nSPS) is 13.4. The first-order valence-electron chi connectivity index (χ1n) is 8.71. The van der Waals surface area contributed by atoms with E-state index in [0.29, 0.717) is 0 Å². The van der Waals surface area contributed by atoms with Crippen LogP contribution in [0.1, 0.15) is 37.3 Å². The minimum absolute atomic E-state index is 0.123. The van der Waals surface area contributed by atoms with E-state index in [1.54, 1.807) is 0 Å². The Hall–Kier alpha value is -2.66. The minimum atomic E-state index is -1.23. The molecule has 0 aromatic heterocycles. The minimum Gasteiger partial charge on any atom is -0.480 e. The van der Waals surface area contributed by atoms with Crippen LogP contribution in [0.15, 0.2) is 60.7 Å². The van der Waals surface area contributed by atoms with Crippen LogP contribution < -0.4 is 5.32 Å². The number of carbonyl (C=O) groups is 2. The molecule has 2 aromatic rings. The zero-order valence-electron chi connectivity index (χ0n) is 15.0. The second-order valence-electron chi connectivity index (χ2n) is 6.77. The van der Waals surface area contributed by atoms with Gasteiger partial charge in [0.1, 0.15) is 12.1 Å². The van der Waals surface area contributed by atoms with Crippen molar-refractivity contribution in [3.8, 4) is 0 Å². The number of aliphatic hydroxyl groups excluding tert-OH is 1. The summed E-state index contributed by atoms with van der Waals surface area (Å²) < 4.78 is 0. The van der Waals surface area contributed by atoms with Crippen molar-refractivity contribution in [3.63, 3.8) is 0 Å². The van der Waals surface area contributed by atoms with Crippen LogP contribution >= 0.6 is 0 Å². The number of carboxylic acid groups (broad SMARTS) is 1. The van der Waals surface area contributed by atoms with Gasteiger partial charge in [0.15, 0.2) is 0 Å². The van der Waals surface area contributed by atoms with Crippen LogP contribution in [0, 0.1) is 5.92 Å². The number of carbonyl (C=O) groups excluding carboxylic acids is 1. The van der Waals surface area contributed by atoms with Gasteiger partial charge in [-0.3, -0.25) is 4.79 Å². The number of rotatable bonds is 8. The maximum Gasteiger partial charge on any atom is 0.327 e. The Morgan fingerprint density at radius 2 is 1.38 bits per heavy atom. The number of aliphatic hydroxyl groups is 1. The van der Waals surface area contributed by atoms with E-state index in [1.165, 1.54) is 0 Å². The molecule has 138 valence electrons. The number of nitrogens with one attached hydrogen (secondary N) is 1. The molecule has 26 heavy (non-hydrogen) atoms. The smallest absolute Gasteiger partial charge is 0.327 e. The summed E-state index contributed by atoms with van der Waals surface area (Å²) in [6, 6.07) is 17.2. The molecule has 0 bridgehead atoms. The Balaban J connectivity index is 2.36. The molecule has 0 heterocycles. The first-order chi connectivity index (χ1) is 12.4. The summed E-state index contributed by atoms with van der Waals surface area (Å²) in [7, 11) is 0. The number of benzene rings is 2. The molecule has 0 aliphatic carbocycles. The van der Waals surface area contributed by atoms with Crippen molar-refractivity contribution in [2.24, 2.45) is 5.92 Å². The molecule has 5 nitrogen and oxygen atoms in total. The predicted octanol–water partition coefficient (Wildman–Crippen LogP) is 2.79. The van der Waals surface area contributed by atoms with E-state index in [-0.39, 0.29) is 12.3 Å². The number of hydrogen-bond acceptors (Lipinski definition) is 3. The van der Waals surface area contributed by atoms with Gasteiger partial charge in [-0.2, -0.15) is 0 Å². The summed E-state index contributed by atoms with van der Waals surface area (Å²) in [6.45, 7) is 3.78. The third kappa shape index (κ3) is 5.17. The molecule has 2 rings (SSSR count). The van der Waals surface area contributed by atoms with Crippen molar-refractivity contribution in [2.45, 2.75) is 38.3 Å². The molecule has 0 spiro atoms. The van der Waals surface area contributed by atoms with Gasteiger partial charge in [-0.15, -0.1) is 0 Å². The average molecular weight is 355 g/mol. The molecule has 0 unspecified atom stereocenters. The van der Waals surface area contributed by atoms with E-state index in [0.717, 1.165) is 11.1 Å². The van der Waals surface area contributed by atoms with Crippen LogP contribution in [0.2, 0.25) is 0 Å².